The van der Waals surface area contributed by atoms with Crippen molar-refractivity contribution in [1.29, 1.82) is 0 Å². The molecule has 2 nitrogen and oxygen atoms in total. The third-order valence-corrected chi connectivity index (χ3v) is 1.94. The predicted octanol–water partition coefficient (Wildman–Crippen LogP) is 2.50. The Morgan fingerprint density at radius 1 is 1.15 bits per heavy atom. The summed E-state index contributed by atoms with van der Waals surface area (Å²) in [5.74, 6) is 0. The molecule has 0 rings (SSSR count). The van der Waals surface area contributed by atoms with Gasteiger partial charge in [-0.05, 0) is 40.2 Å². The highest BCUT2D eigenvalue weighted by Crippen LogP contribution is 2.01. The van der Waals surface area contributed by atoms with E-state index in [4.69, 9.17) is 0 Å². The second kappa shape index (κ2) is 6.39. The molecule has 80 valence electrons. The fourth-order valence-electron chi connectivity index (χ4n) is 1.27. The van der Waals surface area contributed by atoms with E-state index < -0.39 is 0 Å². The Balaban J connectivity index is 3.63. The molecule has 1 unspecified atom stereocenters. The van der Waals surface area contributed by atoms with Gasteiger partial charge in [-0.2, -0.15) is 0 Å². The summed E-state index contributed by atoms with van der Waals surface area (Å²) >= 11 is 0. The first-order chi connectivity index (χ1) is 5.99. The lowest BCUT2D eigenvalue weighted by Crippen LogP contribution is -2.50. The molecule has 0 aliphatic carbocycles. The van der Waals surface area contributed by atoms with Crippen molar-refractivity contribution in [3.63, 3.8) is 0 Å². The number of rotatable bonds is 6. The van der Waals surface area contributed by atoms with Gasteiger partial charge in [0.1, 0.15) is 0 Å². The molecule has 0 radical (unpaired) electrons. The highest BCUT2D eigenvalue weighted by molar-refractivity contribution is 4.75. The van der Waals surface area contributed by atoms with Crippen LogP contribution in [-0.4, -0.2) is 18.2 Å². The molecular weight excluding hydrogens is 160 g/mol. The summed E-state index contributed by atoms with van der Waals surface area (Å²) in [5.41, 5.74) is 0.208. The zero-order valence-corrected chi connectivity index (χ0v) is 9.91. The van der Waals surface area contributed by atoms with Crippen molar-refractivity contribution in [2.45, 2.75) is 65.6 Å². The Bertz CT molecular complexity index is 116. The normalized spacial score (nSPS) is 14.5. The Hall–Kier alpha value is -0.0800. The zero-order chi connectivity index (χ0) is 10.3. The molecule has 2 heteroatoms. The Kier molecular flexibility index (Phi) is 6.35. The fraction of sp³-hybridized carbons (Fsp3) is 1.00. The van der Waals surface area contributed by atoms with Crippen molar-refractivity contribution >= 4 is 0 Å². The molecule has 13 heavy (non-hydrogen) atoms. The van der Waals surface area contributed by atoms with Gasteiger partial charge in [-0.25, -0.2) is 0 Å². The summed E-state index contributed by atoms with van der Waals surface area (Å²) in [5, 5.41) is 7.07. The van der Waals surface area contributed by atoms with Gasteiger partial charge in [0.2, 0.25) is 0 Å². The van der Waals surface area contributed by atoms with Crippen LogP contribution in [0.2, 0.25) is 0 Å². The SMILES string of the molecule is CCCCNC(CC)NC(C)(C)C. The summed E-state index contributed by atoms with van der Waals surface area (Å²) in [6.45, 7) is 12.2. The monoisotopic (exact) mass is 186 g/mol. The number of hydrogen-bond donors (Lipinski definition) is 2. The summed E-state index contributed by atoms with van der Waals surface area (Å²) in [6, 6.07) is 0. The van der Waals surface area contributed by atoms with Gasteiger partial charge < -0.3 is 5.32 Å². The smallest absolute Gasteiger partial charge is 0.0572 e. The molecule has 0 aliphatic rings. The Labute approximate surface area is 83.5 Å². The Morgan fingerprint density at radius 3 is 2.15 bits per heavy atom. The van der Waals surface area contributed by atoms with Gasteiger partial charge in [-0.15, -0.1) is 0 Å². The van der Waals surface area contributed by atoms with Gasteiger partial charge >= 0.3 is 0 Å². The van der Waals surface area contributed by atoms with E-state index in [0.717, 1.165) is 13.0 Å². The fourth-order valence-corrected chi connectivity index (χ4v) is 1.27. The quantitative estimate of drug-likeness (QED) is 0.492. The van der Waals surface area contributed by atoms with Gasteiger partial charge in [-0.3, -0.25) is 5.32 Å². The van der Waals surface area contributed by atoms with Gasteiger partial charge in [0.25, 0.3) is 0 Å². The molecule has 0 aromatic carbocycles. The molecule has 0 saturated heterocycles. The topological polar surface area (TPSA) is 24.1 Å². The van der Waals surface area contributed by atoms with E-state index in [1.165, 1.54) is 12.8 Å². The van der Waals surface area contributed by atoms with Crippen LogP contribution in [0, 0.1) is 0 Å². The highest BCUT2D eigenvalue weighted by atomic mass is 15.1. The van der Waals surface area contributed by atoms with Gasteiger partial charge in [0, 0.05) is 5.54 Å². The molecule has 0 amide bonds. The second-order valence-corrected chi connectivity index (χ2v) is 4.66. The van der Waals surface area contributed by atoms with E-state index in [2.05, 4.69) is 45.3 Å². The molecule has 0 aromatic heterocycles. The second-order valence-electron chi connectivity index (χ2n) is 4.66. The van der Waals surface area contributed by atoms with Gasteiger partial charge in [0.05, 0.1) is 6.17 Å². The number of nitrogens with one attached hydrogen (secondary N) is 2. The summed E-state index contributed by atoms with van der Waals surface area (Å²) in [6.07, 6.45) is 4.13. The van der Waals surface area contributed by atoms with Crippen LogP contribution >= 0.6 is 0 Å². The van der Waals surface area contributed by atoms with E-state index >= 15 is 0 Å². The summed E-state index contributed by atoms with van der Waals surface area (Å²) in [7, 11) is 0. The minimum Gasteiger partial charge on any atom is -0.302 e. The van der Waals surface area contributed by atoms with E-state index in [1.807, 2.05) is 0 Å². The Morgan fingerprint density at radius 2 is 1.77 bits per heavy atom. The van der Waals surface area contributed by atoms with Crippen LogP contribution in [0.15, 0.2) is 0 Å². The van der Waals surface area contributed by atoms with Crippen LogP contribution in [0.1, 0.15) is 53.9 Å². The predicted molar refractivity (Wildman–Crippen MR) is 59.9 cm³/mol. The molecule has 0 spiro atoms. The molecule has 0 bridgehead atoms. The average molecular weight is 186 g/mol. The zero-order valence-electron chi connectivity index (χ0n) is 9.91. The lowest BCUT2D eigenvalue weighted by molar-refractivity contribution is 0.310. The van der Waals surface area contributed by atoms with Gasteiger partial charge in [0.15, 0.2) is 0 Å². The van der Waals surface area contributed by atoms with Crippen molar-refractivity contribution in [3.8, 4) is 0 Å². The van der Waals surface area contributed by atoms with Crippen molar-refractivity contribution in [2.75, 3.05) is 6.54 Å². The van der Waals surface area contributed by atoms with Crippen molar-refractivity contribution in [3.05, 3.63) is 0 Å². The molecule has 0 heterocycles. The molecular formula is C11H26N2. The molecule has 1 atom stereocenters. The maximum atomic E-state index is 3.55. The average Bonchev–Trinajstić information content (AvgIpc) is 2.01. The third-order valence-electron chi connectivity index (χ3n) is 1.94. The number of hydrogen-bond acceptors (Lipinski definition) is 2. The van der Waals surface area contributed by atoms with Crippen LogP contribution in [0.4, 0.5) is 0 Å². The van der Waals surface area contributed by atoms with Crippen molar-refractivity contribution in [2.24, 2.45) is 0 Å². The van der Waals surface area contributed by atoms with Crippen LogP contribution in [0.5, 0.6) is 0 Å². The first kappa shape index (κ1) is 12.9. The van der Waals surface area contributed by atoms with E-state index in [9.17, 15) is 0 Å². The minimum absolute atomic E-state index is 0.208. The summed E-state index contributed by atoms with van der Waals surface area (Å²) < 4.78 is 0. The van der Waals surface area contributed by atoms with Crippen LogP contribution in [-0.2, 0) is 0 Å². The highest BCUT2D eigenvalue weighted by Gasteiger charge is 2.14. The van der Waals surface area contributed by atoms with Crippen molar-refractivity contribution in [1.82, 2.24) is 10.6 Å². The molecule has 0 fully saturated rings. The minimum atomic E-state index is 0.208. The van der Waals surface area contributed by atoms with Crippen LogP contribution in [0.25, 0.3) is 0 Å². The third kappa shape index (κ3) is 8.26. The summed E-state index contributed by atoms with van der Waals surface area (Å²) in [4.78, 5) is 0. The first-order valence-corrected chi connectivity index (χ1v) is 5.50. The lowest BCUT2D eigenvalue weighted by atomic mass is 10.1. The van der Waals surface area contributed by atoms with Gasteiger partial charge in [-0.1, -0.05) is 20.3 Å². The van der Waals surface area contributed by atoms with E-state index in [1.54, 1.807) is 0 Å². The maximum Gasteiger partial charge on any atom is 0.0572 e. The molecule has 0 aliphatic heterocycles. The molecule has 2 N–H and O–H groups in total. The van der Waals surface area contributed by atoms with Crippen molar-refractivity contribution < 1.29 is 0 Å². The first-order valence-electron chi connectivity index (χ1n) is 5.50. The largest absolute Gasteiger partial charge is 0.302 e. The van der Waals surface area contributed by atoms with Crippen LogP contribution in [0.3, 0.4) is 0 Å². The molecule has 0 saturated carbocycles. The van der Waals surface area contributed by atoms with E-state index in [0.29, 0.717) is 6.17 Å². The maximum absolute atomic E-state index is 3.55. The lowest BCUT2D eigenvalue weighted by Gasteiger charge is -2.28. The number of unbranched alkanes of at least 4 members (excludes halogenated alkanes) is 1. The standard InChI is InChI=1S/C11H26N2/c1-6-8-9-12-10(7-2)13-11(3,4)5/h10,12-13H,6-9H2,1-5H3. The molecule has 0 aromatic rings. The van der Waals surface area contributed by atoms with Crippen LogP contribution < -0.4 is 10.6 Å². The van der Waals surface area contributed by atoms with E-state index in [-0.39, 0.29) is 5.54 Å².